The minimum absolute atomic E-state index is 0.0227. The number of hydrogen-bond acceptors (Lipinski definition) is 7. The van der Waals surface area contributed by atoms with Crippen LogP contribution < -0.4 is 15.4 Å². The van der Waals surface area contributed by atoms with E-state index in [9.17, 15) is 22.8 Å². The van der Waals surface area contributed by atoms with Gasteiger partial charge < -0.3 is 10.1 Å². The molecule has 10 nitrogen and oxygen atoms in total. The Morgan fingerprint density at radius 2 is 1.89 bits per heavy atom. The first kappa shape index (κ1) is 20.4. The molecule has 1 aromatic carbocycles. The molecule has 1 aliphatic heterocycles. The second-order valence-electron chi connectivity index (χ2n) is 5.68. The van der Waals surface area contributed by atoms with Crippen LogP contribution in [0.15, 0.2) is 34.2 Å². The third kappa shape index (κ3) is 4.82. The SMILES string of the molecule is CCNC(=O)NC(=O)C(C)OC(=O)[C@H](C)N=C1NS(=O)(=O)c2ccccc21. The van der Waals surface area contributed by atoms with Gasteiger partial charge in [-0.05, 0) is 32.9 Å². The molecule has 1 unspecified atom stereocenters. The number of benzene rings is 1. The smallest absolute Gasteiger partial charge is 0.331 e. The maximum Gasteiger partial charge on any atom is 0.331 e. The Bertz CT molecular complexity index is 896. The lowest BCUT2D eigenvalue weighted by Gasteiger charge is -2.15. The van der Waals surface area contributed by atoms with Gasteiger partial charge in [0.25, 0.3) is 15.9 Å². The third-order valence-electron chi connectivity index (χ3n) is 3.56. The van der Waals surface area contributed by atoms with Crippen LogP contribution in [0.25, 0.3) is 0 Å². The average molecular weight is 396 g/mol. The fourth-order valence-corrected chi connectivity index (χ4v) is 3.46. The quantitative estimate of drug-likeness (QED) is 0.593. The number of carbonyl (C=O) groups is 3. The fraction of sp³-hybridized carbons (Fsp3) is 0.375. The second kappa shape index (κ2) is 8.16. The van der Waals surface area contributed by atoms with Crippen LogP contribution in [0.2, 0.25) is 0 Å². The molecule has 0 aliphatic carbocycles. The fourth-order valence-electron chi connectivity index (χ4n) is 2.22. The van der Waals surface area contributed by atoms with Crippen molar-refractivity contribution in [2.45, 2.75) is 37.8 Å². The maximum absolute atomic E-state index is 12.1. The molecule has 146 valence electrons. The number of fused-ring (bicyclic) bond motifs is 1. The minimum Gasteiger partial charge on any atom is -0.451 e. The molecule has 0 saturated heterocycles. The molecule has 0 fully saturated rings. The molecule has 3 N–H and O–H groups in total. The Morgan fingerprint density at radius 1 is 1.22 bits per heavy atom. The topological polar surface area (TPSA) is 143 Å². The molecule has 0 saturated carbocycles. The van der Waals surface area contributed by atoms with E-state index in [-0.39, 0.29) is 10.7 Å². The Morgan fingerprint density at radius 3 is 2.56 bits per heavy atom. The molecule has 0 bridgehead atoms. The zero-order chi connectivity index (χ0) is 20.2. The van der Waals surface area contributed by atoms with E-state index in [2.05, 4.69) is 15.0 Å². The van der Waals surface area contributed by atoms with Crippen LogP contribution in [0.4, 0.5) is 4.79 Å². The van der Waals surface area contributed by atoms with E-state index in [1.54, 1.807) is 25.1 Å². The first-order valence-corrected chi connectivity index (χ1v) is 9.63. The first-order valence-electron chi connectivity index (χ1n) is 8.15. The normalized spacial score (nSPS) is 18.0. The first-order chi connectivity index (χ1) is 12.7. The van der Waals surface area contributed by atoms with E-state index in [4.69, 9.17) is 4.74 Å². The number of esters is 1. The lowest BCUT2D eigenvalue weighted by molar-refractivity contribution is -0.155. The van der Waals surface area contributed by atoms with Crippen molar-refractivity contribution >= 4 is 33.8 Å². The molecule has 2 atom stereocenters. The summed E-state index contributed by atoms with van der Waals surface area (Å²) in [5.74, 6) is -1.61. The van der Waals surface area contributed by atoms with Crippen LogP contribution in [0.1, 0.15) is 26.3 Å². The monoisotopic (exact) mass is 396 g/mol. The number of rotatable bonds is 5. The number of sulfonamides is 1. The van der Waals surface area contributed by atoms with Crippen LogP contribution >= 0.6 is 0 Å². The molecule has 2 rings (SSSR count). The summed E-state index contributed by atoms with van der Waals surface area (Å²) in [4.78, 5) is 39.4. The average Bonchev–Trinajstić information content (AvgIpc) is 2.85. The molecular weight excluding hydrogens is 376 g/mol. The zero-order valence-corrected chi connectivity index (χ0v) is 15.8. The summed E-state index contributed by atoms with van der Waals surface area (Å²) < 4.78 is 31.3. The van der Waals surface area contributed by atoms with Crippen molar-refractivity contribution in [3.8, 4) is 0 Å². The molecule has 27 heavy (non-hydrogen) atoms. The lowest BCUT2D eigenvalue weighted by Crippen LogP contribution is -2.45. The number of imide groups is 1. The van der Waals surface area contributed by atoms with Gasteiger partial charge in [-0.1, -0.05) is 12.1 Å². The van der Waals surface area contributed by atoms with Crippen molar-refractivity contribution in [2.24, 2.45) is 4.99 Å². The van der Waals surface area contributed by atoms with E-state index in [1.165, 1.54) is 19.9 Å². The number of aliphatic imine (C=N–C) groups is 1. The van der Waals surface area contributed by atoms with Gasteiger partial charge in [-0.2, -0.15) is 0 Å². The summed E-state index contributed by atoms with van der Waals surface area (Å²) in [5.41, 5.74) is 0.346. The van der Waals surface area contributed by atoms with Crippen molar-refractivity contribution in [3.05, 3.63) is 29.8 Å². The van der Waals surface area contributed by atoms with Gasteiger partial charge >= 0.3 is 12.0 Å². The van der Waals surface area contributed by atoms with E-state index >= 15 is 0 Å². The Kier molecular flexibility index (Phi) is 6.16. The predicted octanol–water partition coefficient (Wildman–Crippen LogP) is -0.109. The van der Waals surface area contributed by atoms with Crippen molar-refractivity contribution in [1.82, 2.24) is 15.4 Å². The number of amidine groups is 1. The summed E-state index contributed by atoms with van der Waals surface area (Å²) in [5, 5.41) is 4.40. The summed E-state index contributed by atoms with van der Waals surface area (Å²) in [7, 11) is -3.72. The lowest BCUT2D eigenvalue weighted by atomic mass is 10.2. The number of nitrogens with zero attached hydrogens (tertiary/aromatic N) is 1. The van der Waals surface area contributed by atoms with Crippen LogP contribution in [0.5, 0.6) is 0 Å². The highest BCUT2D eigenvalue weighted by molar-refractivity contribution is 7.90. The molecule has 3 amide bonds. The van der Waals surface area contributed by atoms with E-state index < -0.39 is 40.1 Å². The van der Waals surface area contributed by atoms with Crippen molar-refractivity contribution < 1.29 is 27.5 Å². The van der Waals surface area contributed by atoms with Gasteiger partial charge in [0, 0.05) is 12.1 Å². The van der Waals surface area contributed by atoms with E-state index in [1.807, 2.05) is 5.32 Å². The molecule has 1 heterocycles. The summed E-state index contributed by atoms with van der Waals surface area (Å²) in [6, 6.07) is 4.44. The largest absolute Gasteiger partial charge is 0.451 e. The maximum atomic E-state index is 12.1. The Hall–Kier alpha value is -2.95. The van der Waals surface area contributed by atoms with E-state index in [0.717, 1.165) is 0 Å². The molecule has 0 spiro atoms. The summed E-state index contributed by atoms with van der Waals surface area (Å²) in [6.07, 6.45) is -1.23. The van der Waals surface area contributed by atoms with Crippen LogP contribution in [-0.2, 0) is 24.3 Å². The van der Waals surface area contributed by atoms with Gasteiger partial charge in [0.15, 0.2) is 6.10 Å². The number of ether oxygens (including phenoxy) is 1. The van der Waals surface area contributed by atoms with Gasteiger partial charge in [0.2, 0.25) is 0 Å². The summed E-state index contributed by atoms with van der Waals surface area (Å²) >= 11 is 0. The standard InChI is InChI=1S/C16H20N4O6S/c1-4-17-16(23)19-14(21)10(3)26-15(22)9(2)18-13-11-7-5-6-8-12(11)27(24,25)20-13/h5-10H,4H2,1-3H3,(H,18,20)(H2,17,19,21,23)/t9-,10?/m0/s1. The van der Waals surface area contributed by atoms with Gasteiger partial charge in [0.1, 0.15) is 11.9 Å². The van der Waals surface area contributed by atoms with Crippen LogP contribution in [0.3, 0.4) is 0 Å². The predicted molar refractivity (Wildman–Crippen MR) is 95.5 cm³/mol. The number of urea groups is 1. The highest BCUT2D eigenvalue weighted by atomic mass is 32.2. The number of hydrogen-bond donors (Lipinski definition) is 3. The molecule has 11 heteroatoms. The van der Waals surface area contributed by atoms with E-state index in [0.29, 0.717) is 12.1 Å². The molecule has 1 aliphatic rings. The molecule has 0 radical (unpaired) electrons. The highest BCUT2D eigenvalue weighted by Crippen LogP contribution is 2.22. The van der Waals surface area contributed by atoms with Gasteiger partial charge in [-0.3, -0.25) is 19.8 Å². The highest BCUT2D eigenvalue weighted by Gasteiger charge is 2.31. The van der Waals surface area contributed by atoms with Crippen molar-refractivity contribution in [3.63, 3.8) is 0 Å². The van der Waals surface area contributed by atoms with Gasteiger partial charge in [0.05, 0.1) is 4.90 Å². The van der Waals surface area contributed by atoms with Gasteiger partial charge in [-0.15, -0.1) is 0 Å². The van der Waals surface area contributed by atoms with Crippen LogP contribution in [0, 0.1) is 0 Å². The zero-order valence-electron chi connectivity index (χ0n) is 15.0. The molecular formula is C16H20N4O6S. The van der Waals surface area contributed by atoms with Crippen molar-refractivity contribution in [2.75, 3.05) is 6.54 Å². The minimum atomic E-state index is -3.72. The number of carbonyl (C=O) groups excluding carboxylic acids is 3. The molecule has 0 aromatic heterocycles. The van der Waals surface area contributed by atoms with Crippen molar-refractivity contribution in [1.29, 1.82) is 0 Å². The number of amides is 3. The third-order valence-corrected chi connectivity index (χ3v) is 4.96. The summed E-state index contributed by atoms with van der Waals surface area (Å²) in [6.45, 7) is 4.72. The second-order valence-corrected chi connectivity index (χ2v) is 7.33. The molecule has 1 aromatic rings. The number of nitrogens with one attached hydrogen (secondary N) is 3. The Labute approximate surface area is 156 Å². The van der Waals surface area contributed by atoms with Crippen LogP contribution in [-0.4, -0.2) is 50.9 Å². The Balaban J connectivity index is 2.05. The van der Waals surface area contributed by atoms with Gasteiger partial charge in [-0.25, -0.2) is 18.0 Å².